The van der Waals surface area contributed by atoms with E-state index in [9.17, 15) is 0 Å². The highest BCUT2D eigenvalue weighted by atomic mass is 79.9. The maximum atomic E-state index is 5.87. The zero-order chi connectivity index (χ0) is 12.4. The van der Waals surface area contributed by atoms with Crippen molar-refractivity contribution in [2.75, 3.05) is 0 Å². The second-order valence-electron chi connectivity index (χ2n) is 3.42. The number of hydrazine groups is 1. The molecule has 0 amide bonds. The molecule has 0 bridgehead atoms. The van der Waals surface area contributed by atoms with Crippen LogP contribution in [-0.4, -0.2) is 0 Å². The van der Waals surface area contributed by atoms with Crippen LogP contribution in [0.3, 0.4) is 0 Å². The van der Waals surface area contributed by atoms with Crippen LogP contribution in [0.15, 0.2) is 38.6 Å². The smallest absolute Gasteiger partial charge is 0.0843 e. The topological polar surface area (TPSA) is 38.0 Å². The first-order chi connectivity index (χ1) is 8.11. The maximum absolute atomic E-state index is 5.87. The first-order valence-electron chi connectivity index (χ1n) is 4.78. The Morgan fingerprint density at radius 1 is 1.24 bits per heavy atom. The van der Waals surface area contributed by atoms with Gasteiger partial charge >= 0.3 is 0 Å². The minimum Gasteiger partial charge on any atom is -0.271 e. The van der Waals surface area contributed by atoms with Crippen LogP contribution in [0, 0.1) is 0 Å². The van der Waals surface area contributed by atoms with Crippen molar-refractivity contribution < 1.29 is 0 Å². The summed E-state index contributed by atoms with van der Waals surface area (Å²) in [5, 5.41) is 0.720. The van der Waals surface area contributed by atoms with Crippen LogP contribution in [0.5, 0.6) is 0 Å². The number of rotatable bonds is 3. The molecule has 0 aliphatic heterocycles. The van der Waals surface area contributed by atoms with Gasteiger partial charge < -0.3 is 0 Å². The molecule has 6 heteroatoms. The third-order valence-corrected chi connectivity index (χ3v) is 5.89. The van der Waals surface area contributed by atoms with E-state index in [0.29, 0.717) is 0 Å². The van der Waals surface area contributed by atoms with Crippen LogP contribution in [0.25, 0.3) is 0 Å². The predicted octanol–water partition coefficient (Wildman–Crippen LogP) is 4.48. The lowest BCUT2D eigenvalue weighted by atomic mass is 10.1. The number of hydrogen-bond donors (Lipinski definition) is 2. The highest BCUT2D eigenvalue weighted by molar-refractivity contribution is 9.13. The number of hydrogen-bond acceptors (Lipinski definition) is 3. The van der Waals surface area contributed by atoms with Crippen molar-refractivity contribution in [3.05, 3.63) is 54.1 Å². The molecule has 0 radical (unpaired) electrons. The molecule has 2 nitrogen and oxygen atoms in total. The van der Waals surface area contributed by atoms with E-state index in [2.05, 4.69) is 37.3 Å². The summed E-state index contributed by atoms with van der Waals surface area (Å²) in [6.07, 6.45) is 0. The summed E-state index contributed by atoms with van der Waals surface area (Å²) in [6.45, 7) is 0. The lowest BCUT2D eigenvalue weighted by Gasteiger charge is -2.14. The number of thiophene rings is 1. The Kier molecular flexibility index (Phi) is 4.63. The van der Waals surface area contributed by atoms with Crippen molar-refractivity contribution in [3.63, 3.8) is 0 Å². The SMILES string of the molecule is NNC(c1ccc(Cl)cc1)c1cc(Br)c(Br)s1. The quantitative estimate of drug-likeness (QED) is 0.593. The van der Waals surface area contributed by atoms with Gasteiger partial charge in [-0.05, 0) is 55.6 Å². The Morgan fingerprint density at radius 2 is 1.88 bits per heavy atom. The molecule has 1 unspecified atom stereocenters. The van der Waals surface area contributed by atoms with Crippen molar-refractivity contribution in [2.45, 2.75) is 6.04 Å². The Labute approximate surface area is 125 Å². The fourth-order valence-electron chi connectivity index (χ4n) is 1.50. The maximum Gasteiger partial charge on any atom is 0.0843 e. The lowest BCUT2D eigenvalue weighted by molar-refractivity contribution is 0.646. The number of halogens is 3. The highest BCUT2D eigenvalue weighted by Crippen LogP contribution is 2.37. The molecule has 1 atom stereocenters. The van der Waals surface area contributed by atoms with Crippen molar-refractivity contribution in [1.82, 2.24) is 5.43 Å². The Balaban J connectivity index is 2.36. The molecule has 1 aromatic carbocycles. The summed E-state index contributed by atoms with van der Waals surface area (Å²) in [5.41, 5.74) is 3.90. The van der Waals surface area contributed by atoms with Crippen LogP contribution < -0.4 is 11.3 Å². The summed E-state index contributed by atoms with van der Waals surface area (Å²) >= 11 is 14.5. The molecule has 2 aromatic rings. The monoisotopic (exact) mass is 394 g/mol. The van der Waals surface area contributed by atoms with Gasteiger partial charge in [0.05, 0.1) is 9.83 Å². The van der Waals surface area contributed by atoms with Crippen LogP contribution >= 0.6 is 54.8 Å². The van der Waals surface area contributed by atoms with Gasteiger partial charge in [-0.3, -0.25) is 5.84 Å². The first kappa shape index (κ1) is 13.5. The summed E-state index contributed by atoms with van der Waals surface area (Å²) in [6, 6.07) is 9.67. The average Bonchev–Trinajstić information content (AvgIpc) is 2.63. The van der Waals surface area contributed by atoms with Crippen molar-refractivity contribution in [3.8, 4) is 0 Å². The molecule has 0 saturated heterocycles. The molecule has 0 saturated carbocycles. The largest absolute Gasteiger partial charge is 0.271 e. The summed E-state index contributed by atoms with van der Waals surface area (Å²) in [5.74, 6) is 5.63. The molecule has 0 fully saturated rings. The minimum absolute atomic E-state index is 0.0279. The molecular weight excluding hydrogens is 387 g/mol. The van der Waals surface area contributed by atoms with Gasteiger partial charge in [-0.25, -0.2) is 5.43 Å². The van der Waals surface area contributed by atoms with E-state index < -0.39 is 0 Å². The Hall–Kier alpha value is 0.0900. The summed E-state index contributed by atoms with van der Waals surface area (Å²) in [4.78, 5) is 1.13. The fraction of sp³-hybridized carbons (Fsp3) is 0.0909. The zero-order valence-corrected chi connectivity index (χ0v) is 13.3. The van der Waals surface area contributed by atoms with Crippen LogP contribution in [-0.2, 0) is 0 Å². The van der Waals surface area contributed by atoms with Crippen LogP contribution in [0.4, 0.5) is 0 Å². The molecule has 0 spiro atoms. The molecule has 17 heavy (non-hydrogen) atoms. The van der Waals surface area contributed by atoms with E-state index in [1.54, 1.807) is 11.3 Å². The molecular formula is C11H9Br2ClN2S. The van der Waals surface area contributed by atoms with E-state index in [4.69, 9.17) is 17.4 Å². The molecule has 0 aliphatic rings. The summed E-state index contributed by atoms with van der Waals surface area (Å²) < 4.78 is 2.09. The van der Waals surface area contributed by atoms with Gasteiger partial charge in [0.2, 0.25) is 0 Å². The fourth-order valence-corrected chi connectivity index (χ4v) is 3.81. The molecule has 2 rings (SSSR count). The Morgan fingerprint density at radius 3 is 2.35 bits per heavy atom. The molecule has 0 aliphatic carbocycles. The van der Waals surface area contributed by atoms with E-state index >= 15 is 0 Å². The zero-order valence-electron chi connectivity index (χ0n) is 8.58. The van der Waals surface area contributed by atoms with Gasteiger partial charge in [-0.1, -0.05) is 23.7 Å². The van der Waals surface area contributed by atoms with Gasteiger partial charge in [-0.2, -0.15) is 0 Å². The first-order valence-corrected chi connectivity index (χ1v) is 7.56. The normalized spacial score (nSPS) is 12.7. The second-order valence-corrected chi connectivity index (χ2v) is 7.11. The van der Waals surface area contributed by atoms with E-state index in [-0.39, 0.29) is 6.04 Å². The highest BCUT2D eigenvalue weighted by Gasteiger charge is 2.16. The Bertz CT molecular complexity index is 493. The molecule has 1 heterocycles. The van der Waals surface area contributed by atoms with Crippen molar-refractivity contribution in [1.29, 1.82) is 0 Å². The van der Waals surface area contributed by atoms with Crippen LogP contribution in [0.2, 0.25) is 5.02 Å². The third-order valence-electron chi connectivity index (χ3n) is 2.32. The molecule has 3 N–H and O–H groups in total. The standard InChI is InChI=1S/C11H9Br2ClN2S/c12-8-5-9(17-11(8)13)10(16-15)6-1-3-7(14)4-2-6/h1-5,10,16H,15H2. The average molecular weight is 397 g/mol. The van der Waals surface area contributed by atoms with Crippen molar-refractivity contribution in [2.24, 2.45) is 5.84 Å². The van der Waals surface area contributed by atoms with E-state index in [1.165, 1.54) is 0 Å². The van der Waals surface area contributed by atoms with Gasteiger partial charge in [-0.15, -0.1) is 11.3 Å². The predicted molar refractivity (Wildman–Crippen MR) is 80.3 cm³/mol. The number of nitrogens with two attached hydrogens (primary N) is 1. The van der Waals surface area contributed by atoms with E-state index in [0.717, 1.165) is 23.7 Å². The van der Waals surface area contributed by atoms with Gasteiger partial charge in [0.25, 0.3) is 0 Å². The number of nitrogens with one attached hydrogen (secondary N) is 1. The summed E-state index contributed by atoms with van der Waals surface area (Å²) in [7, 11) is 0. The third kappa shape index (κ3) is 3.10. The second kappa shape index (κ2) is 5.82. The van der Waals surface area contributed by atoms with Crippen molar-refractivity contribution >= 4 is 54.8 Å². The van der Waals surface area contributed by atoms with Crippen LogP contribution in [0.1, 0.15) is 16.5 Å². The van der Waals surface area contributed by atoms with Gasteiger partial charge in [0, 0.05) is 14.4 Å². The minimum atomic E-state index is -0.0279. The molecule has 90 valence electrons. The number of benzene rings is 1. The van der Waals surface area contributed by atoms with Gasteiger partial charge in [0.15, 0.2) is 0 Å². The van der Waals surface area contributed by atoms with E-state index in [1.807, 2.05) is 30.3 Å². The van der Waals surface area contributed by atoms with Gasteiger partial charge in [0.1, 0.15) is 0 Å². The molecule has 1 aromatic heterocycles. The lowest BCUT2D eigenvalue weighted by Crippen LogP contribution is -2.28.